The van der Waals surface area contributed by atoms with Crippen LogP contribution in [0.2, 0.25) is 0 Å². The van der Waals surface area contributed by atoms with E-state index >= 15 is 0 Å². The van der Waals surface area contributed by atoms with Gasteiger partial charge in [-0.3, -0.25) is 0 Å². The predicted molar refractivity (Wildman–Crippen MR) is 63.5 cm³/mol. The summed E-state index contributed by atoms with van der Waals surface area (Å²) in [4.78, 5) is 8.20. The first-order valence-electron chi connectivity index (χ1n) is 4.70. The average molecular weight is 282 g/mol. The summed E-state index contributed by atoms with van der Waals surface area (Å²) in [5.74, 6) is 0.397. The normalized spacial score (nSPS) is 10.1. The molecule has 5 heteroatoms. The molecule has 82 valence electrons. The Balaban J connectivity index is 1.99. The Morgan fingerprint density at radius 1 is 1.25 bits per heavy atom. The lowest BCUT2D eigenvalue weighted by Gasteiger charge is -2.04. The number of hydrogen-bond acceptors (Lipinski definition) is 3. The van der Waals surface area contributed by atoms with Gasteiger partial charge in [-0.2, -0.15) is 0 Å². The zero-order valence-electron chi connectivity index (χ0n) is 8.32. The van der Waals surface area contributed by atoms with E-state index in [1.807, 2.05) is 0 Å². The molecule has 0 spiro atoms. The zero-order chi connectivity index (χ0) is 11.4. The van der Waals surface area contributed by atoms with Crippen molar-refractivity contribution < 1.29 is 4.39 Å². The van der Waals surface area contributed by atoms with Crippen LogP contribution >= 0.6 is 15.9 Å². The average Bonchev–Trinajstić information content (AvgIpc) is 2.28. The van der Waals surface area contributed by atoms with Crippen molar-refractivity contribution >= 4 is 21.6 Å². The first-order valence-corrected chi connectivity index (χ1v) is 5.49. The van der Waals surface area contributed by atoms with Gasteiger partial charge in [-0.15, -0.1) is 0 Å². The van der Waals surface area contributed by atoms with Crippen molar-refractivity contribution in [2.45, 2.75) is 6.54 Å². The van der Waals surface area contributed by atoms with Crippen molar-refractivity contribution in [3.8, 4) is 0 Å². The molecule has 0 fully saturated rings. The summed E-state index contributed by atoms with van der Waals surface area (Å²) in [6.45, 7) is 0.469. The fourth-order valence-electron chi connectivity index (χ4n) is 1.21. The minimum atomic E-state index is -0.262. The summed E-state index contributed by atoms with van der Waals surface area (Å²) in [5.41, 5.74) is 0.714. The van der Waals surface area contributed by atoms with E-state index in [4.69, 9.17) is 0 Å². The number of benzene rings is 1. The summed E-state index contributed by atoms with van der Waals surface area (Å²) >= 11 is 3.26. The molecule has 0 aliphatic heterocycles. The third kappa shape index (κ3) is 3.00. The molecule has 0 saturated heterocycles. The number of nitrogens with one attached hydrogen (secondary N) is 1. The van der Waals surface area contributed by atoms with Gasteiger partial charge < -0.3 is 5.32 Å². The number of aromatic nitrogens is 2. The number of halogens is 2. The van der Waals surface area contributed by atoms with E-state index in [9.17, 15) is 4.39 Å². The van der Waals surface area contributed by atoms with Gasteiger partial charge in [0.15, 0.2) is 0 Å². The molecule has 0 radical (unpaired) electrons. The molecule has 0 saturated carbocycles. The standard InChI is InChI=1S/C11H9BrFN3/c12-8-5-15-11(16-6-8)7-14-10-3-1-2-9(13)4-10/h1-6,14H,7H2. The molecule has 0 atom stereocenters. The highest BCUT2D eigenvalue weighted by Crippen LogP contribution is 2.10. The number of rotatable bonds is 3. The van der Waals surface area contributed by atoms with Crippen molar-refractivity contribution in [1.82, 2.24) is 9.97 Å². The third-order valence-corrected chi connectivity index (χ3v) is 2.36. The second kappa shape index (κ2) is 5.03. The fourth-order valence-corrected chi connectivity index (χ4v) is 1.41. The van der Waals surface area contributed by atoms with E-state index in [1.54, 1.807) is 24.5 Å². The molecule has 0 bridgehead atoms. The van der Waals surface area contributed by atoms with Gasteiger partial charge in [0, 0.05) is 18.1 Å². The maximum Gasteiger partial charge on any atom is 0.147 e. The van der Waals surface area contributed by atoms with Crippen LogP contribution in [0.1, 0.15) is 5.82 Å². The van der Waals surface area contributed by atoms with Gasteiger partial charge in [0.1, 0.15) is 11.6 Å². The van der Waals surface area contributed by atoms with Gasteiger partial charge in [0.25, 0.3) is 0 Å². The van der Waals surface area contributed by atoms with E-state index in [0.29, 0.717) is 18.1 Å². The molecular formula is C11H9BrFN3. The van der Waals surface area contributed by atoms with E-state index < -0.39 is 0 Å². The van der Waals surface area contributed by atoms with Crippen LogP contribution in [-0.4, -0.2) is 9.97 Å². The molecule has 0 amide bonds. The Kier molecular flexibility index (Phi) is 3.46. The molecule has 3 nitrogen and oxygen atoms in total. The second-order valence-corrected chi connectivity index (χ2v) is 4.10. The lowest BCUT2D eigenvalue weighted by atomic mass is 10.3. The lowest BCUT2D eigenvalue weighted by Crippen LogP contribution is -2.03. The second-order valence-electron chi connectivity index (χ2n) is 3.18. The first kappa shape index (κ1) is 11.0. The minimum Gasteiger partial charge on any atom is -0.378 e. The molecule has 16 heavy (non-hydrogen) atoms. The Morgan fingerprint density at radius 2 is 2.00 bits per heavy atom. The van der Waals surface area contributed by atoms with Gasteiger partial charge >= 0.3 is 0 Å². The van der Waals surface area contributed by atoms with Crippen molar-refractivity contribution in [3.63, 3.8) is 0 Å². The largest absolute Gasteiger partial charge is 0.378 e. The van der Waals surface area contributed by atoms with E-state index in [2.05, 4.69) is 31.2 Å². The van der Waals surface area contributed by atoms with Gasteiger partial charge in [-0.25, -0.2) is 14.4 Å². The minimum absolute atomic E-state index is 0.262. The van der Waals surface area contributed by atoms with Crippen LogP contribution in [0.4, 0.5) is 10.1 Å². The fraction of sp³-hybridized carbons (Fsp3) is 0.0909. The molecule has 0 aliphatic rings. The van der Waals surface area contributed by atoms with E-state index in [1.165, 1.54) is 12.1 Å². The van der Waals surface area contributed by atoms with Gasteiger partial charge in [0.05, 0.1) is 11.0 Å². The SMILES string of the molecule is Fc1cccc(NCc2ncc(Br)cn2)c1. The molecule has 0 unspecified atom stereocenters. The molecule has 2 rings (SSSR count). The number of anilines is 1. The molecule has 1 aromatic carbocycles. The number of nitrogens with zero attached hydrogens (tertiary/aromatic N) is 2. The van der Waals surface area contributed by atoms with Crippen LogP contribution in [0.5, 0.6) is 0 Å². The van der Waals surface area contributed by atoms with Gasteiger partial charge in [0.2, 0.25) is 0 Å². The van der Waals surface area contributed by atoms with Crippen LogP contribution < -0.4 is 5.32 Å². The van der Waals surface area contributed by atoms with Gasteiger partial charge in [-0.05, 0) is 34.1 Å². The maximum absolute atomic E-state index is 12.9. The quantitative estimate of drug-likeness (QED) is 0.940. The highest BCUT2D eigenvalue weighted by molar-refractivity contribution is 9.10. The summed E-state index contributed by atoms with van der Waals surface area (Å²) in [6.07, 6.45) is 3.35. The van der Waals surface area contributed by atoms with Crippen LogP contribution in [0.25, 0.3) is 0 Å². The molecule has 1 aromatic heterocycles. The Hall–Kier alpha value is -1.49. The monoisotopic (exact) mass is 281 g/mol. The van der Waals surface area contributed by atoms with Crippen molar-refractivity contribution in [2.24, 2.45) is 0 Å². The van der Waals surface area contributed by atoms with Crippen LogP contribution in [-0.2, 0) is 6.54 Å². The summed E-state index contributed by atoms with van der Waals surface area (Å²) in [7, 11) is 0. The third-order valence-electron chi connectivity index (χ3n) is 1.95. The molecule has 1 heterocycles. The maximum atomic E-state index is 12.9. The Bertz CT molecular complexity index is 473. The van der Waals surface area contributed by atoms with Crippen molar-refractivity contribution in [3.05, 3.63) is 52.8 Å². The summed E-state index contributed by atoms with van der Waals surface area (Å²) in [6, 6.07) is 6.28. The predicted octanol–water partition coefficient (Wildman–Crippen LogP) is 2.99. The van der Waals surface area contributed by atoms with E-state index in [0.717, 1.165) is 4.47 Å². The molecule has 0 aliphatic carbocycles. The lowest BCUT2D eigenvalue weighted by molar-refractivity contribution is 0.628. The Labute approximate surface area is 101 Å². The topological polar surface area (TPSA) is 37.8 Å². The zero-order valence-corrected chi connectivity index (χ0v) is 9.91. The highest BCUT2D eigenvalue weighted by Gasteiger charge is 1.97. The van der Waals surface area contributed by atoms with Gasteiger partial charge in [-0.1, -0.05) is 6.07 Å². The molecule has 1 N–H and O–H groups in total. The smallest absolute Gasteiger partial charge is 0.147 e. The summed E-state index contributed by atoms with van der Waals surface area (Å²) < 4.78 is 13.7. The highest BCUT2D eigenvalue weighted by atomic mass is 79.9. The van der Waals surface area contributed by atoms with Crippen LogP contribution in [0.3, 0.4) is 0 Å². The van der Waals surface area contributed by atoms with Crippen molar-refractivity contribution in [1.29, 1.82) is 0 Å². The summed E-state index contributed by atoms with van der Waals surface area (Å²) in [5, 5.41) is 3.04. The van der Waals surface area contributed by atoms with E-state index in [-0.39, 0.29) is 5.82 Å². The number of hydrogen-bond donors (Lipinski definition) is 1. The first-order chi connectivity index (χ1) is 7.74. The van der Waals surface area contributed by atoms with Crippen LogP contribution in [0, 0.1) is 5.82 Å². The Morgan fingerprint density at radius 3 is 2.69 bits per heavy atom. The molecular weight excluding hydrogens is 273 g/mol. The van der Waals surface area contributed by atoms with Crippen LogP contribution in [0.15, 0.2) is 41.1 Å². The van der Waals surface area contributed by atoms with Crippen molar-refractivity contribution in [2.75, 3.05) is 5.32 Å². The molecule has 2 aromatic rings.